The molecular formula is C14H16N2O3S2. The van der Waals surface area contributed by atoms with Crippen LogP contribution in [0.1, 0.15) is 45.3 Å². The van der Waals surface area contributed by atoms with Crippen molar-refractivity contribution in [2.24, 2.45) is 0 Å². The number of hydrogen-bond donors (Lipinski definition) is 2. The first kappa shape index (κ1) is 14.6. The first-order chi connectivity index (χ1) is 10.2. The van der Waals surface area contributed by atoms with Gasteiger partial charge in [0.2, 0.25) is 0 Å². The van der Waals surface area contributed by atoms with E-state index < -0.39 is 6.10 Å². The van der Waals surface area contributed by atoms with Crippen LogP contribution in [0.3, 0.4) is 0 Å². The van der Waals surface area contributed by atoms with E-state index in [0.29, 0.717) is 4.88 Å². The molecule has 2 unspecified atom stereocenters. The number of rotatable bonds is 5. The van der Waals surface area contributed by atoms with Gasteiger partial charge in [-0.3, -0.25) is 4.79 Å². The molecule has 112 valence electrons. The highest BCUT2D eigenvalue weighted by atomic mass is 32.1. The van der Waals surface area contributed by atoms with Crippen molar-refractivity contribution in [3.63, 3.8) is 0 Å². The van der Waals surface area contributed by atoms with Crippen LogP contribution in [0.4, 0.5) is 0 Å². The maximum Gasteiger partial charge on any atom is 0.263 e. The number of nitrogens with one attached hydrogen (secondary N) is 1. The van der Waals surface area contributed by atoms with Gasteiger partial charge < -0.3 is 15.2 Å². The van der Waals surface area contributed by atoms with Crippen molar-refractivity contribution in [1.82, 2.24) is 10.3 Å². The molecule has 1 aliphatic heterocycles. The number of amides is 1. The summed E-state index contributed by atoms with van der Waals surface area (Å²) in [7, 11) is 0. The lowest BCUT2D eigenvalue weighted by Gasteiger charge is -2.09. The third kappa shape index (κ3) is 3.49. The minimum Gasteiger partial charge on any atom is -0.387 e. The standard InChI is InChI=1S/C14H16N2O3S2/c17-10(9-3-5-20-8-9)6-15-13(18)12-7-16-14(21-12)11-2-1-4-19-11/h3,5,7-8,10-11,17H,1-2,4,6H2,(H,15,18). The van der Waals surface area contributed by atoms with Crippen LogP contribution in [0.25, 0.3) is 0 Å². The van der Waals surface area contributed by atoms with E-state index in [0.717, 1.165) is 30.0 Å². The van der Waals surface area contributed by atoms with E-state index >= 15 is 0 Å². The Morgan fingerprint density at radius 3 is 3.24 bits per heavy atom. The molecule has 5 nitrogen and oxygen atoms in total. The summed E-state index contributed by atoms with van der Waals surface area (Å²) >= 11 is 2.88. The smallest absolute Gasteiger partial charge is 0.263 e. The van der Waals surface area contributed by atoms with Crippen molar-refractivity contribution in [3.8, 4) is 0 Å². The molecule has 2 aromatic heterocycles. The Hall–Kier alpha value is -1.28. The quantitative estimate of drug-likeness (QED) is 0.886. The fourth-order valence-electron chi connectivity index (χ4n) is 2.17. The average Bonchev–Trinajstić information content (AvgIpc) is 3.25. The predicted octanol–water partition coefficient (Wildman–Crippen LogP) is 2.52. The van der Waals surface area contributed by atoms with Gasteiger partial charge >= 0.3 is 0 Å². The zero-order chi connectivity index (χ0) is 14.7. The molecule has 2 N–H and O–H groups in total. The molecule has 1 aliphatic rings. The highest BCUT2D eigenvalue weighted by Gasteiger charge is 2.22. The second-order valence-corrected chi connectivity index (χ2v) is 6.69. The average molecular weight is 324 g/mol. The summed E-state index contributed by atoms with van der Waals surface area (Å²) in [6.45, 7) is 0.960. The molecule has 0 saturated carbocycles. The lowest BCUT2D eigenvalue weighted by Crippen LogP contribution is -2.27. The van der Waals surface area contributed by atoms with Gasteiger partial charge in [0.1, 0.15) is 16.0 Å². The van der Waals surface area contributed by atoms with E-state index in [-0.39, 0.29) is 18.6 Å². The molecule has 0 bridgehead atoms. The van der Waals surface area contributed by atoms with Gasteiger partial charge in [-0.25, -0.2) is 4.98 Å². The fraction of sp³-hybridized carbons (Fsp3) is 0.429. The molecule has 1 fully saturated rings. The Balaban J connectivity index is 1.55. The van der Waals surface area contributed by atoms with Gasteiger partial charge in [0, 0.05) is 13.2 Å². The number of nitrogens with zero attached hydrogens (tertiary/aromatic N) is 1. The van der Waals surface area contributed by atoms with Crippen molar-refractivity contribution in [1.29, 1.82) is 0 Å². The molecule has 2 aromatic rings. The van der Waals surface area contributed by atoms with Gasteiger partial charge in [-0.2, -0.15) is 11.3 Å². The summed E-state index contributed by atoms with van der Waals surface area (Å²) < 4.78 is 5.56. The summed E-state index contributed by atoms with van der Waals surface area (Å²) in [6, 6.07) is 1.85. The number of aromatic nitrogens is 1. The highest BCUT2D eigenvalue weighted by Crippen LogP contribution is 2.31. The number of thiophene rings is 1. The zero-order valence-corrected chi connectivity index (χ0v) is 13.0. The van der Waals surface area contributed by atoms with Crippen molar-refractivity contribution in [2.45, 2.75) is 25.0 Å². The van der Waals surface area contributed by atoms with Crippen LogP contribution < -0.4 is 5.32 Å². The predicted molar refractivity (Wildman–Crippen MR) is 81.7 cm³/mol. The Kier molecular flexibility index (Phi) is 4.64. The molecule has 3 rings (SSSR count). The molecule has 0 spiro atoms. The van der Waals surface area contributed by atoms with Gasteiger partial charge in [0.15, 0.2) is 0 Å². The Morgan fingerprint density at radius 2 is 2.52 bits per heavy atom. The van der Waals surface area contributed by atoms with Crippen LogP contribution in [0.5, 0.6) is 0 Å². The van der Waals surface area contributed by atoms with Crippen molar-refractivity contribution >= 4 is 28.6 Å². The van der Waals surface area contributed by atoms with E-state index in [1.165, 1.54) is 22.7 Å². The monoisotopic (exact) mass is 324 g/mol. The summed E-state index contributed by atoms with van der Waals surface area (Å²) in [5.74, 6) is -0.203. The van der Waals surface area contributed by atoms with E-state index in [1.807, 2.05) is 16.8 Å². The van der Waals surface area contributed by atoms with Crippen molar-refractivity contribution < 1.29 is 14.6 Å². The first-order valence-corrected chi connectivity index (χ1v) is 8.55. The van der Waals surface area contributed by atoms with Crippen LogP contribution in [-0.2, 0) is 4.74 Å². The van der Waals surface area contributed by atoms with E-state index in [2.05, 4.69) is 10.3 Å². The lowest BCUT2D eigenvalue weighted by atomic mass is 10.2. The molecule has 0 radical (unpaired) electrons. The van der Waals surface area contributed by atoms with Crippen LogP contribution in [0.2, 0.25) is 0 Å². The maximum atomic E-state index is 12.1. The molecule has 2 atom stereocenters. The van der Waals surface area contributed by atoms with Gasteiger partial charge in [-0.1, -0.05) is 0 Å². The number of carbonyl (C=O) groups excluding carboxylic acids is 1. The number of aliphatic hydroxyl groups excluding tert-OH is 1. The van der Waals surface area contributed by atoms with Crippen LogP contribution in [0.15, 0.2) is 23.0 Å². The molecule has 0 aromatic carbocycles. The topological polar surface area (TPSA) is 71.5 Å². The lowest BCUT2D eigenvalue weighted by molar-refractivity contribution is 0.0920. The molecule has 21 heavy (non-hydrogen) atoms. The third-order valence-electron chi connectivity index (χ3n) is 3.34. The maximum absolute atomic E-state index is 12.1. The molecule has 1 amide bonds. The number of ether oxygens (including phenoxy) is 1. The Morgan fingerprint density at radius 1 is 1.62 bits per heavy atom. The van der Waals surface area contributed by atoms with Crippen LogP contribution >= 0.6 is 22.7 Å². The second kappa shape index (κ2) is 6.65. The first-order valence-electron chi connectivity index (χ1n) is 6.79. The van der Waals surface area contributed by atoms with Gasteiger partial charge in [-0.15, -0.1) is 11.3 Å². The number of aliphatic hydroxyl groups is 1. The Labute approximate surface area is 130 Å². The number of carbonyl (C=O) groups is 1. The van der Waals surface area contributed by atoms with Crippen LogP contribution in [-0.4, -0.2) is 29.1 Å². The normalized spacial score (nSPS) is 19.6. The SMILES string of the molecule is O=C(NCC(O)c1ccsc1)c1cnc(C2CCCO2)s1. The van der Waals surface area contributed by atoms with Crippen molar-refractivity contribution in [3.05, 3.63) is 38.5 Å². The summed E-state index contributed by atoms with van der Waals surface area (Å²) in [4.78, 5) is 16.9. The summed E-state index contributed by atoms with van der Waals surface area (Å²) in [5, 5.41) is 17.3. The van der Waals surface area contributed by atoms with E-state index in [9.17, 15) is 9.90 Å². The zero-order valence-electron chi connectivity index (χ0n) is 11.3. The van der Waals surface area contributed by atoms with Gasteiger partial charge in [0.25, 0.3) is 5.91 Å². The number of hydrogen-bond acceptors (Lipinski definition) is 6. The largest absolute Gasteiger partial charge is 0.387 e. The molecule has 3 heterocycles. The summed E-state index contributed by atoms with van der Waals surface area (Å²) in [5.41, 5.74) is 0.824. The molecule has 1 saturated heterocycles. The molecule has 7 heteroatoms. The Bertz CT molecular complexity index is 591. The molecule has 0 aliphatic carbocycles. The highest BCUT2D eigenvalue weighted by molar-refractivity contribution is 7.13. The van der Waals surface area contributed by atoms with Gasteiger partial charge in [0.05, 0.1) is 12.3 Å². The third-order valence-corrected chi connectivity index (χ3v) is 5.13. The minimum atomic E-state index is -0.675. The van der Waals surface area contributed by atoms with Gasteiger partial charge in [-0.05, 0) is 35.2 Å². The van der Waals surface area contributed by atoms with E-state index in [4.69, 9.17) is 4.74 Å². The van der Waals surface area contributed by atoms with Crippen LogP contribution in [0, 0.1) is 0 Å². The second-order valence-electron chi connectivity index (χ2n) is 4.85. The fourth-order valence-corrected chi connectivity index (χ4v) is 3.80. The number of thiazole rings is 1. The summed E-state index contributed by atoms with van der Waals surface area (Å²) in [6.07, 6.45) is 2.94. The minimum absolute atomic E-state index is 0.0351. The van der Waals surface area contributed by atoms with Crippen molar-refractivity contribution in [2.75, 3.05) is 13.2 Å². The molecular weight excluding hydrogens is 308 g/mol. The van der Waals surface area contributed by atoms with E-state index in [1.54, 1.807) is 6.20 Å².